The smallest absolute Gasteiger partial charge is 0.355 e. The Labute approximate surface area is 212 Å². The largest absolute Gasteiger partial charge is 0.497 e. The molecule has 2 amide bonds. The fraction of sp³-hybridized carbons (Fsp3) is 0.280. The van der Waals surface area contributed by atoms with Gasteiger partial charge in [-0.15, -0.1) is 23.4 Å². The van der Waals surface area contributed by atoms with Crippen LogP contribution in [0.25, 0.3) is 0 Å². The molecule has 0 radical (unpaired) electrons. The normalized spacial score (nSPS) is 19.3. The second-order valence-electron chi connectivity index (χ2n) is 7.95. The Balaban J connectivity index is 1.42. The van der Waals surface area contributed by atoms with Gasteiger partial charge in [-0.1, -0.05) is 24.3 Å². The number of rotatable bonds is 8. The molecular formula is C25H24ClN3O5S. The fourth-order valence-electron chi connectivity index (χ4n) is 3.72. The minimum absolute atomic E-state index is 0.0673. The molecule has 1 saturated heterocycles. The third kappa shape index (κ3) is 5.52. The average molecular weight is 514 g/mol. The molecule has 0 bridgehead atoms. The highest BCUT2D eigenvalue weighted by Gasteiger charge is 2.53. The summed E-state index contributed by atoms with van der Waals surface area (Å²) in [5.41, 5.74) is 3.16. The fourth-order valence-corrected chi connectivity index (χ4v) is 5.39. The molecule has 35 heavy (non-hydrogen) atoms. The molecule has 182 valence electrons. The summed E-state index contributed by atoms with van der Waals surface area (Å²) in [6.07, 6.45) is 1.63. The Morgan fingerprint density at radius 3 is 2.54 bits per heavy atom. The van der Waals surface area contributed by atoms with Crippen molar-refractivity contribution < 1.29 is 23.9 Å². The number of nitrogens with zero attached hydrogens (tertiary/aromatic N) is 2. The van der Waals surface area contributed by atoms with Crippen LogP contribution in [0.3, 0.4) is 0 Å². The van der Waals surface area contributed by atoms with E-state index in [0.29, 0.717) is 22.8 Å². The van der Waals surface area contributed by atoms with E-state index in [0.717, 1.165) is 11.1 Å². The highest BCUT2D eigenvalue weighted by Crippen LogP contribution is 2.42. The molecule has 2 heterocycles. The zero-order valence-electron chi connectivity index (χ0n) is 19.2. The molecule has 2 aliphatic rings. The lowest BCUT2D eigenvalue weighted by Gasteiger charge is -2.48. The number of nitrogens with one attached hydrogen (secondary N) is 1. The van der Waals surface area contributed by atoms with Crippen LogP contribution in [0.5, 0.6) is 5.75 Å². The average Bonchev–Trinajstić information content (AvgIpc) is 2.87. The second-order valence-corrected chi connectivity index (χ2v) is 9.32. The zero-order chi connectivity index (χ0) is 24.9. The van der Waals surface area contributed by atoms with E-state index in [1.165, 1.54) is 23.6 Å². The van der Waals surface area contributed by atoms with Gasteiger partial charge >= 0.3 is 5.97 Å². The van der Waals surface area contributed by atoms with E-state index in [2.05, 4.69) is 10.3 Å². The van der Waals surface area contributed by atoms with Crippen molar-refractivity contribution in [1.82, 2.24) is 4.90 Å². The standard InChI is InChI=1S/C25H24ClN3O5S/c1-15(30)28-19-7-3-16(4-8-19)12-27-21-23(31)29-22(18(11-26)14-35-24(21)29)25(32)34-13-17-5-9-20(33-2)10-6-17/h3-10,12,21,24H,11,13-14H2,1-2H3,(H,28,30). The van der Waals surface area contributed by atoms with Crippen LogP contribution in [-0.2, 0) is 25.7 Å². The number of hydrogen-bond donors (Lipinski definition) is 1. The number of esters is 1. The number of anilines is 1. The molecule has 0 spiro atoms. The van der Waals surface area contributed by atoms with Crippen molar-refractivity contribution in [2.24, 2.45) is 4.99 Å². The Morgan fingerprint density at radius 1 is 1.20 bits per heavy atom. The first-order chi connectivity index (χ1) is 16.9. The van der Waals surface area contributed by atoms with Crippen LogP contribution in [0.4, 0.5) is 5.69 Å². The molecule has 0 aliphatic carbocycles. The monoisotopic (exact) mass is 513 g/mol. The maximum atomic E-state index is 13.0. The van der Waals surface area contributed by atoms with Gasteiger partial charge in [-0.05, 0) is 41.0 Å². The molecule has 2 aliphatic heterocycles. The van der Waals surface area contributed by atoms with Gasteiger partial charge in [0.05, 0.1) is 7.11 Å². The molecule has 8 nitrogen and oxygen atoms in total. The molecule has 2 unspecified atom stereocenters. The van der Waals surface area contributed by atoms with Crippen LogP contribution in [0.1, 0.15) is 18.1 Å². The number of amides is 2. The van der Waals surface area contributed by atoms with E-state index in [9.17, 15) is 14.4 Å². The van der Waals surface area contributed by atoms with E-state index in [1.54, 1.807) is 49.7 Å². The van der Waals surface area contributed by atoms with Crippen LogP contribution in [0.15, 0.2) is 64.8 Å². The van der Waals surface area contributed by atoms with Crippen LogP contribution in [-0.4, -0.2) is 59.1 Å². The van der Waals surface area contributed by atoms with Crippen LogP contribution >= 0.6 is 23.4 Å². The van der Waals surface area contributed by atoms with Crippen molar-refractivity contribution in [2.45, 2.75) is 24.9 Å². The predicted octanol–water partition coefficient (Wildman–Crippen LogP) is 3.59. The predicted molar refractivity (Wildman–Crippen MR) is 136 cm³/mol. The summed E-state index contributed by atoms with van der Waals surface area (Å²) in [5, 5.41) is 2.40. The Morgan fingerprint density at radius 2 is 1.91 bits per heavy atom. The SMILES string of the molecule is COc1ccc(COC(=O)C2=C(CCl)CSC3C(N=Cc4ccc(NC(C)=O)cc4)C(=O)N23)cc1. The summed E-state index contributed by atoms with van der Waals surface area (Å²) >= 11 is 7.61. The number of ether oxygens (including phenoxy) is 2. The second kappa shape index (κ2) is 11.0. The molecule has 4 rings (SSSR count). The van der Waals surface area contributed by atoms with Crippen LogP contribution in [0.2, 0.25) is 0 Å². The van der Waals surface area contributed by atoms with Crippen LogP contribution in [0, 0.1) is 0 Å². The Bertz CT molecular complexity index is 1180. The first-order valence-corrected chi connectivity index (χ1v) is 12.4. The Kier molecular flexibility index (Phi) is 7.77. The first kappa shape index (κ1) is 24.8. The molecule has 0 aromatic heterocycles. The number of methoxy groups -OCH3 is 1. The van der Waals surface area contributed by atoms with E-state index in [1.807, 2.05) is 12.1 Å². The number of fused-ring (bicyclic) bond motifs is 1. The van der Waals surface area contributed by atoms with Crippen molar-refractivity contribution in [1.29, 1.82) is 0 Å². The molecule has 2 aromatic rings. The first-order valence-electron chi connectivity index (χ1n) is 10.8. The van der Waals surface area contributed by atoms with Gasteiger partial charge < -0.3 is 14.8 Å². The Hall–Kier alpha value is -3.30. The lowest BCUT2D eigenvalue weighted by Crippen LogP contribution is -2.64. The van der Waals surface area contributed by atoms with E-state index >= 15 is 0 Å². The van der Waals surface area contributed by atoms with Crippen LogP contribution < -0.4 is 10.1 Å². The van der Waals surface area contributed by atoms with Crippen molar-refractivity contribution in [2.75, 3.05) is 24.1 Å². The number of β-lactam (4-membered cyclic amide) rings is 1. The molecule has 2 aromatic carbocycles. The molecule has 2 atom stereocenters. The van der Waals surface area contributed by atoms with Gasteiger partial charge in [-0.2, -0.15) is 0 Å². The summed E-state index contributed by atoms with van der Waals surface area (Å²) in [4.78, 5) is 43.0. The number of benzene rings is 2. The maximum Gasteiger partial charge on any atom is 0.355 e. The zero-order valence-corrected chi connectivity index (χ0v) is 20.8. The molecule has 1 fully saturated rings. The van der Waals surface area contributed by atoms with Gasteiger partial charge in [-0.25, -0.2) is 4.79 Å². The molecular weight excluding hydrogens is 490 g/mol. The number of aliphatic imine (C=N–C) groups is 1. The van der Waals surface area contributed by atoms with Crippen molar-refractivity contribution in [3.63, 3.8) is 0 Å². The lowest BCUT2D eigenvalue weighted by atomic mass is 10.0. The maximum absolute atomic E-state index is 13.0. The number of halogens is 1. The van der Waals surface area contributed by atoms with E-state index < -0.39 is 12.0 Å². The van der Waals surface area contributed by atoms with Gasteiger partial charge in [0.2, 0.25) is 5.91 Å². The third-order valence-electron chi connectivity index (χ3n) is 5.52. The molecule has 0 saturated carbocycles. The summed E-state index contributed by atoms with van der Waals surface area (Å²) < 4.78 is 10.6. The quantitative estimate of drug-likeness (QED) is 0.251. The van der Waals surface area contributed by atoms with Gasteiger partial charge in [0, 0.05) is 30.5 Å². The topological polar surface area (TPSA) is 97.3 Å². The number of alkyl halides is 1. The summed E-state index contributed by atoms with van der Waals surface area (Å²) in [7, 11) is 1.58. The van der Waals surface area contributed by atoms with Crippen molar-refractivity contribution in [3.8, 4) is 5.75 Å². The van der Waals surface area contributed by atoms with Gasteiger partial charge in [-0.3, -0.25) is 19.5 Å². The lowest BCUT2D eigenvalue weighted by molar-refractivity contribution is -0.151. The number of carbonyl (C=O) groups excluding carboxylic acids is 3. The molecule has 10 heteroatoms. The van der Waals surface area contributed by atoms with Crippen molar-refractivity contribution >= 4 is 53.0 Å². The number of hydrogen-bond acceptors (Lipinski definition) is 7. The molecule has 1 N–H and O–H groups in total. The number of carbonyl (C=O) groups is 3. The van der Waals surface area contributed by atoms with Gasteiger partial charge in [0.1, 0.15) is 23.4 Å². The highest BCUT2D eigenvalue weighted by molar-refractivity contribution is 8.00. The summed E-state index contributed by atoms with van der Waals surface area (Å²) in [6.45, 7) is 1.51. The van der Waals surface area contributed by atoms with Crippen molar-refractivity contribution in [3.05, 3.63) is 70.9 Å². The third-order valence-corrected chi connectivity index (χ3v) is 7.17. The minimum atomic E-state index is -0.601. The highest BCUT2D eigenvalue weighted by atomic mass is 35.5. The van der Waals surface area contributed by atoms with E-state index in [4.69, 9.17) is 21.1 Å². The van der Waals surface area contributed by atoms with Gasteiger partial charge in [0.25, 0.3) is 5.91 Å². The number of thioether (sulfide) groups is 1. The summed E-state index contributed by atoms with van der Waals surface area (Å²) in [5.74, 6) is 0.357. The summed E-state index contributed by atoms with van der Waals surface area (Å²) in [6, 6.07) is 13.7. The van der Waals surface area contributed by atoms with Gasteiger partial charge in [0.15, 0.2) is 6.04 Å². The minimum Gasteiger partial charge on any atom is -0.497 e. The van der Waals surface area contributed by atoms with E-state index in [-0.39, 0.29) is 35.4 Å².